The molecule has 0 aromatic heterocycles. The molecule has 7 heteroatoms. The zero-order valence-corrected chi connectivity index (χ0v) is 12.2. The minimum Gasteiger partial charge on any atom is -0.279 e. The first-order chi connectivity index (χ1) is 9.90. The van der Waals surface area contributed by atoms with E-state index in [2.05, 4.69) is 4.72 Å². The van der Waals surface area contributed by atoms with Gasteiger partial charge in [-0.25, -0.2) is 12.8 Å². The van der Waals surface area contributed by atoms with Gasteiger partial charge >= 0.3 is 0 Å². The topological polar surface area (TPSA) is 70.0 Å². The van der Waals surface area contributed by atoms with Crippen LogP contribution in [0.4, 0.5) is 10.1 Å². The molecule has 2 rings (SSSR count). The number of sulfonamides is 1. The summed E-state index contributed by atoms with van der Waals surface area (Å²) in [5.74, 6) is -0.635. The van der Waals surface area contributed by atoms with Gasteiger partial charge in [-0.2, -0.15) is 5.26 Å². The third-order valence-electron chi connectivity index (χ3n) is 2.63. The molecule has 0 unspecified atom stereocenters. The van der Waals surface area contributed by atoms with Gasteiger partial charge in [0, 0.05) is 5.02 Å². The molecule has 0 atom stereocenters. The van der Waals surface area contributed by atoms with Gasteiger partial charge in [-0.3, -0.25) is 4.72 Å². The number of nitrogens with one attached hydrogen (secondary N) is 1. The molecule has 0 saturated carbocycles. The maximum absolute atomic E-state index is 13.2. The van der Waals surface area contributed by atoms with Crippen molar-refractivity contribution < 1.29 is 12.8 Å². The van der Waals surface area contributed by atoms with Crippen LogP contribution in [-0.4, -0.2) is 8.42 Å². The van der Waals surface area contributed by atoms with Crippen LogP contribution >= 0.6 is 11.6 Å². The second kappa shape index (κ2) is 6.12. The Balaban J connectivity index is 2.27. The smallest absolute Gasteiger partial charge is 0.261 e. The average Bonchev–Trinajstić information content (AvgIpc) is 2.38. The van der Waals surface area contributed by atoms with Crippen molar-refractivity contribution in [3.05, 3.63) is 58.9 Å². The number of nitrogens with zero attached hydrogens (tertiary/aromatic N) is 1. The predicted octanol–water partition coefficient (Wildman–Crippen LogP) is 3.35. The lowest BCUT2D eigenvalue weighted by atomic mass is 10.2. The van der Waals surface area contributed by atoms with E-state index in [1.165, 1.54) is 18.2 Å². The fourth-order valence-electron chi connectivity index (χ4n) is 1.70. The van der Waals surface area contributed by atoms with Gasteiger partial charge in [0.05, 0.1) is 23.1 Å². The molecule has 21 heavy (non-hydrogen) atoms. The quantitative estimate of drug-likeness (QED) is 0.937. The first-order valence-corrected chi connectivity index (χ1v) is 7.71. The normalized spacial score (nSPS) is 10.9. The van der Waals surface area contributed by atoms with E-state index in [-0.39, 0.29) is 22.0 Å². The van der Waals surface area contributed by atoms with Crippen LogP contribution in [0.3, 0.4) is 0 Å². The van der Waals surface area contributed by atoms with E-state index in [4.69, 9.17) is 16.9 Å². The highest BCUT2D eigenvalue weighted by Gasteiger charge is 2.14. The monoisotopic (exact) mass is 324 g/mol. The lowest BCUT2D eigenvalue weighted by Gasteiger charge is -2.09. The molecule has 4 nitrogen and oxygen atoms in total. The summed E-state index contributed by atoms with van der Waals surface area (Å²) in [6.07, 6.45) is 0.202. The summed E-state index contributed by atoms with van der Waals surface area (Å²) in [7, 11) is -3.84. The summed E-state index contributed by atoms with van der Waals surface area (Å²) in [6.45, 7) is 0. The Morgan fingerprint density at radius 3 is 2.43 bits per heavy atom. The number of benzene rings is 2. The Labute approximate surface area is 126 Å². The summed E-state index contributed by atoms with van der Waals surface area (Å²) < 4.78 is 39.7. The maximum Gasteiger partial charge on any atom is 0.261 e. The van der Waals surface area contributed by atoms with Crippen LogP contribution < -0.4 is 4.72 Å². The van der Waals surface area contributed by atoms with E-state index in [1.807, 2.05) is 6.07 Å². The van der Waals surface area contributed by atoms with Crippen molar-refractivity contribution in [2.75, 3.05) is 4.72 Å². The Bertz CT molecular complexity index is 778. The highest BCUT2D eigenvalue weighted by Crippen LogP contribution is 2.21. The Morgan fingerprint density at radius 1 is 1.19 bits per heavy atom. The molecule has 0 aliphatic heterocycles. The number of halogens is 2. The zero-order valence-electron chi connectivity index (χ0n) is 10.7. The van der Waals surface area contributed by atoms with E-state index in [1.54, 1.807) is 12.1 Å². The molecule has 108 valence electrons. The maximum atomic E-state index is 13.2. The van der Waals surface area contributed by atoms with Crippen molar-refractivity contribution in [3.8, 4) is 6.07 Å². The van der Waals surface area contributed by atoms with Crippen molar-refractivity contribution in [2.24, 2.45) is 0 Å². The number of nitriles is 1. The first kappa shape index (κ1) is 15.3. The summed E-state index contributed by atoms with van der Waals surface area (Å²) in [4.78, 5) is 0.0181. The van der Waals surface area contributed by atoms with Crippen LogP contribution in [0.25, 0.3) is 0 Å². The highest BCUT2D eigenvalue weighted by atomic mass is 35.5. The van der Waals surface area contributed by atoms with Gasteiger partial charge in [-0.05, 0) is 35.9 Å². The number of hydrogen-bond acceptors (Lipinski definition) is 3. The van der Waals surface area contributed by atoms with E-state index in [0.29, 0.717) is 5.56 Å². The second-order valence-corrected chi connectivity index (χ2v) is 6.36. The summed E-state index contributed by atoms with van der Waals surface area (Å²) in [6, 6.07) is 11.3. The molecular formula is C14H10ClFN2O2S. The molecule has 1 N–H and O–H groups in total. The largest absolute Gasteiger partial charge is 0.279 e. The zero-order chi connectivity index (χ0) is 15.5. The van der Waals surface area contributed by atoms with Crippen LogP contribution in [0, 0.1) is 17.1 Å². The predicted molar refractivity (Wildman–Crippen MR) is 78.0 cm³/mol. The van der Waals surface area contributed by atoms with Gasteiger partial charge in [-0.15, -0.1) is 0 Å². The van der Waals surface area contributed by atoms with Gasteiger partial charge in [0.15, 0.2) is 0 Å². The second-order valence-electron chi connectivity index (χ2n) is 4.24. The van der Waals surface area contributed by atoms with Gasteiger partial charge < -0.3 is 0 Å². The van der Waals surface area contributed by atoms with E-state index < -0.39 is 15.8 Å². The Kier molecular flexibility index (Phi) is 4.46. The lowest BCUT2D eigenvalue weighted by Crippen LogP contribution is -2.13. The highest BCUT2D eigenvalue weighted by molar-refractivity contribution is 7.92. The fraction of sp³-hybridized carbons (Fsp3) is 0.0714. The van der Waals surface area contributed by atoms with E-state index in [0.717, 1.165) is 12.1 Å². The van der Waals surface area contributed by atoms with Crippen LogP contribution in [0.1, 0.15) is 5.56 Å². The third-order valence-corrected chi connectivity index (χ3v) is 4.25. The van der Waals surface area contributed by atoms with Crippen molar-refractivity contribution in [1.82, 2.24) is 0 Å². The lowest BCUT2D eigenvalue weighted by molar-refractivity contribution is 0.601. The first-order valence-electron chi connectivity index (χ1n) is 5.85. The average molecular weight is 325 g/mol. The molecule has 0 spiro atoms. The van der Waals surface area contributed by atoms with Crippen molar-refractivity contribution in [3.63, 3.8) is 0 Å². The molecule has 0 aliphatic rings. The molecule has 2 aromatic rings. The van der Waals surface area contributed by atoms with Crippen LogP contribution in [0.5, 0.6) is 0 Å². The molecule has 0 bridgehead atoms. The van der Waals surface area contributed by atoms with E-state index >= 15 is 0 Å². The molecule has 0 amide bonds. The molecule has 0 aliphatic carbocycles. The Hall–Kier alpha value is -2.10. The van der Waals surface area contributed by atoms with Crippen molar-refractivity contribution in [2.45, 2.75) is 11.3 Å². The molecule has 0 fully saturated rings. The fourth-order valence-corrected chi connectivity index (χ4v) is 2.97. The standard InChI is InChI=1S/C14H10ClFN2O2S/c15-11-7-12(16)9-13(8-11)18-21(19,20)14-3-1-10(2-4-14)5-6-17/h1-4,7-9,18H,5H2. The van der Waals surface area contributed by atoms with Gasteiger partial charge in [0.25, 0.3) is 10.0 Å². The van der Waals surface area contributed by atoms with Crippen molar-refractivity contribution >= 4 is 27.3 Å². The minimum absolute atomic E-state index is 0.0181. The number of rotatable bonds is 4. The van der Waals surface area contributed by atoms with Gasteiger partial charge in [-0.1, -0.05) is 23.7 Å². The molecule has 0 heterocycles. The number of anilines is 1. The van der Waals surface area contributed by atoms with Gasteiger partial charge in [0.2, 0.25) is 0 Å². The Morgan fingerprint density at radius 2 is 1.86 bits per heavy atom. The molecular weight excluding hydrogens is 315 g/mol. The van der Waals surface area contributed by atoms with E-state index in [9.17, 15) is 12.8 Å². The summed E-state index contributed by atoms with van der Waals surface area (Å²) in [5.41, 5.74) is 0.756. The van der Waals surface area contributed by atoms with Crippen LogP contribution in [0.15, 0.2) is 47.4 Å². The SMILES string of the molecule is N#CCc1ccc(S(=O)(=O)Nc2cc(F)cc(Cl)c2)cc1. The molecule has 0 saturated heterocycles. The minimum atomic E-state index is -3.84. The summed E-state index contributed by atoms with van der Waals surface area (Å²) in [5, 5.41) is 8.66. The number of hydrogen-bond donors (Lipinski definition) is 1. The van der Waals surface area contributed by atoms with Crippen LogP contribution in [-0.2, 0) is 16.4 Å². The van der Waals surface area contributed by atoms with Crippen LogP contribution in [0.2, 0.25) is 5.02 Å². The molecule has 2 aromatic carbocycles. The molecule has 0 radical (unpaired) electrons. The third kappa shape index (κ3) is 3.94. The van der Waals surface area contributed by atoms with Crippen molar-refractivity contribution in [1.29, 1.82) is 5.26 Å². The van der Waals surface area contributed by atoms with Gasteiger partial charge in [0.1, 0.15) is 5.82 Å². The summed E-state index contributed by atoms with van der Waals surface area (Å²) >= 11 is 5.68.